The Balaban J connectivity index is 2.01. The highest BCUT2D eigenvalue weighted by Gasteiger charge is 2.57. The van der Waals surface area contributed by atoms with Gasteiger partial charge in [-0.15, -0.1) is 0 Å². The summed E-state index contributed by atoms with van der Waals surface area (Å²) < 4.78 is 2.11. The molecule has 0 unspecified atom stereocenters. The van der Waals surface area contributed by atoms with Gasteiger partial charge in [0.1, 0.15) is 0 Å². The average molecular weight is 220 g/mol. The van der Waals surface area contributed by atoms with Crippen LogP contribution in [0.5, 0.6) is 0 Å². The smallest absolute Gasteiger partial charge is 0.194 e. The molecule has 0 aromatic heterocycles. The van der Waals surface area contributed by atoms with Gasteiger partial charge in [0.15, 0.2) is 11.8 Å². The maximum Gasteiger partial charge on any atom is 0.194 e. The van der Waals surface area contributed by atoms with Crippen molar-refractivity contribution < 1.29 is 9.79 Å². The fraction of sp³-hybridized carbons (Fsp3) is 0.846. The Morgan fingerprint density at radius 1 is 1.31 bits per heavy atom. The number of hydrogen-bond donors (Lipinski definition) is 0. The first-order valence-corrected chi connectivity index (χ1v) is 6.65. The second-order valence-corrected chi connectivity index (χ2v) is 5.41. The van der Waals surface area contributed by atoms with Gasteiger partial charge >= 0.3 is 0 Å². The van der Waals surface area contributed by atoms with Crippen molar-refractivity contribution in [3.63, 3.8) is 0 Å². The number of nitrogens with zero attached hydrogens (tertiary/aromatic N) is 2. The van der Waals surface area contributed by atoms with Crippen LogP contribution in [0, 0.1) is 17.8 Å². The number of fused-ring (bicyclic) bond motifs is 5. The zero-order valence-corrected chi connectivity index (χ0v) is 10.1. The van der Waals surface area contributed by atoms with Crippen LogP contribution < -0.4 is 5.11 Å². The molecule has 2 bridgehead atoms. The summed E-state index contributed by atoms with van der Waals surface area (Å²) >= 11 is 0. The van der Waals surface area contributed by atoms with Crippen LogP contribution in [0.25, 0.3) is 0 Å². The molecule has 3 heteroatoms. The van der Waals surface area contributed by atoms with Crippen LogP contribution >= 0.6 is 0 Å². The molecular weight excluding hydrogens is 200 g/mol. The van der Waals surface area contributed by atoms with Crippen LogP contribution in [-0.2, 0) is 0 Å². The molecule has 88 valence electrons. The third kappa shape index (κ3) is 1.20. The summed E-state index contributed by atoms with van der Waals surface area (Å²) in [6.45, 7) is 4.33. The molecule has 1 heterocycles. The normalized spacial score (nSPS) is 40.1. The zero-order chi connectivity index (χ0) is 11.3. The minimum atomic E-state index is 0.164. The van der Waals surface area contributed by atoms with Crippen molar-refractivity contribution in [3.8, 4) is 0 Å². The highest BCUT2D eigenvalue weighted by molar-refractivity contribution is 5.82. The first-order valence-electron chi connectivity index (χ1n) is 6.65. The molecule has 0 saturated heterocycles. The maximum atomic E-state index is 12.0. The Bertz CT molecular complexity index is 366. The molecule has 16 heavy (non-hydrogen) atoms. The fourth-order valence-electron chi connectivity index (χ4n) is 4.06. The predicted octanol–water partition coefficient (Wildman–Crippen LogP) is 1.36. The molecule has 3 rings (SSSR count). The van der Waals surface area contributed by atoms with Gasteiger partial charge in [-0.3, -0.25) is 0 Å². The summed E-state index contributed by atoms with van der Waals surface area (Å²) in [6, 6.07) is 0.432. The van der Waals surface area contributed by atoms with E-state index in [2.05, 4.69) is 23.6 Å². The van der Waals surface area contributed by atoms with E-state index in [-0.39, 0.29) is 11.8 Å². The van der Waals surface area contributed by atoms with Gasteiger partial charge in [-0.2, -0.15) is 0 Å². The standard InChI is InChI=1S/C13H20N2O/c1-3-10(4-2)15-12-9-6-5-8(7-9)11(12)13(16)14-15/h8-9,11-12H,3-7H2,1-2H3/t8-,9+,11+,12-/m1/s1. The lowest BCUT2D eigenvalue weighted by Gasteiger charge is -2.22. The van der Waals surface area contributed by atoms with E-state index in [0.29, 0.717) is 12.0 Å². The Labute approximate surface area is 96.9 Å². The van der Waals surface area contributed by atoms with Crippen LogP contribution in [0.4, 0.5) is 0 Å². The first kappa shape index (κ1) is 10.3. The second kappa shape index (κ2) is 3.57. The molecule has 3 aliphatic rings. The molecule has 0 radical (unpaired) electrons. The minimum Gasteiger partial charge on any atom is -0.857 e. The Morgan fingerprint density at radius 3 is 2.69 bits per heavy atom. The second-order valence-electron chi connectivity index (χ2n) is 5.41. The molecule has 2 saturated carbocycles. The molecule has 0 amide bonds. The number of hydrogen-bond acceptors (Lipinski definition) is 2. The van der Waals surface area contributed by atoms with E-state index in [1.165, 1.54) is 25.0 Å². The van der Waals surface area contributed by atoms with Gasteiger partial charge in [0.05, 0.1) is 5.92 Å². The van der Waals surface area contributed by atoms with Crippen LogP contribution in [0.2, 0.25) is 0 Å². The van der Waals surface area contributed by atoms with Crippen LogP contribution in [0.15, 0.2) is 5.10 Å². The van der Waals surface area contributed by atoms with Gasteiger partial charge in [0.2, 0.25) is 0 Å². The maximum absolute atomic E-state index is 12.0. The summed E-state index contributed by atoms with van der Waals surface area (Å²) in [6.07, 6.45) is 5.88. The first-order chi connectivity index (χ1) is 7.76. The van der Waals surface area contributed by atoms with E-state index in [9.17, 15) is 5.11 Å². The highest BCUT2D eigenvalue weighted by Crippen LogP contribution is 2.51. The van der Waals surface area contributed by atoms with Crippen LogP contribution in [-0.4, -0.2) is 22.3 Å². The monoisotopic (exact) mass is 220 g/mol. The minimum absolute atomic E-state index is 0.164. The predicted molar refractivity (Wildman–Crippen MR) is 61.4 cm³/mol. The largest absolute Gasteiger partial charge is 0.857 e. The summed E-state index contributed by atoms with van der Waals surface area (Å²) in [5, 5.41) is 16.3. The summed E-state index contributed by atoms with van der Waals surface area (Å²) in [7, 11) is 0. The molecule has 2 fully saturated rings. The summed E-state index contributed by atoms with van der Waals surface area (Å²) in [5.41, 5.74) is 1.34. The summed E-state index contributed by atoms with van der Waals surface area (Å²) in [4.78, 5) is 0. The fourth-order valence-corrected chi connectivity index (χ4v) is 4.06. The molecule has 0 N–H and O–H groups in total. The number of rotatable bonds is 2. The van der Waals surface area contributed by atoms with Gasteiger partial charge in [-0.05, 0) is 30.3 Å². The molecule has 0 aromatic rings. The van der Waals surface area contributed by atoms with Crippen molar-refractivity contribution >= 4 is 11.6 Å². The molecule has 2 aliphatic carbocycles. The van der Waals surface area contributed by atoms with E-state index >= 15 is 0 Å². The van der Waals surface area contributed by atoms with Crippen LogP contribution in [0.1, 0.15) is 46.0 Å². The van der Waals surface area contributed by atoms with Crippen molar-refractivity contribution in [2.75, 3.05) is 0 Å². The SMILES string of the molecule is CCC(CC)=[N+]1N=C([O-])[C@H]2[C@@H]3CC[C@@H](C3)[C@H]21. The lowest BCUT2D eigenvalue weighted by atomic mass is 9.85. The molecule has 4 atom stereocenters. The van der Waals surface area contributed by atoms with Gasteiger partial charge in [0, 0.05) is 24.7 Å². The third-order valence-electron chi connectivity index (χ3n) is 4.79. The van der Waals surface area contributed by atoms with E-state index in [4.69, 9.17) is 0 Å². The Morgan fingerprint density at radius 2 is 2.00 bits per heavy atom. The van der Waals surface area contributed by atoms with E-state index < -0.39 is 0 Å². The number of hydrazone groups is 1. The van der Waals surface area contributed by atoms with Crippen molar-refractivity contribution in [1.82, 2.24) is 0 Å². The molecule has 3 nitrogen and oxygen atoms in total. The van der Waals surface area contributed by atoms with Gasteiger partial charge in [-0.1, -0.05) is 18.5 Å². The lowest BCUT2D eigenvalue weighted by Crippen LogP contribution is -2.38. The quantitative estimate of drug-likeness (QED) is 0.648. The summed E-state index contributed by atoms with van der Waals surface area (Å²) in [5.74, 6) is 1.79. The Kier molecular flexibility index (Phi) is 2.30. The Hall–Kier alpha value is -0.860. The topological polar surface area (TPSA) is 38.4 Å². The highest BCUT2D eigenvalue weighted by atomic mass is 16.3. The van der Waals surface area contributed by atoms with E-state index in [1.54, 1.807) is 0 Å². The average Bonchev–Trinajstić information content (AvgIpc) is 2.94. The van der Waals surface area contributed by atoms with Gasteiger partial charge in [-0.25, -0.2) is 0 Å². The van der Waals surface area contributed by atoms with Crippen molar-refractivity contribution in [2.24, 2.45) is 22.9 Å². The zero-order valence-electron chi connectivity index (χ0n) is 10.1. The van der Waals surface area contributed by atoms with Gasteiger partial charge < -0.3 is 5.11 Å². The van der Waals surface area contributed by atoms with Crippen molar-refractivity contribution in [1.29, 1.82) is 0 Å². The van der Waals surface area contributed by atoms with Crippen LogP contribution in [0.3, 0.4) is 0 Å². The molecular formula is C13H20N2O. The molecule has 0 aromatic carbocycles. The third-order valence-corrected chi connectivity index (χ3v) is 4.79. The molecule has 0 spiro atoms. The van der Waals surface area contributed by atoms with E-state index in [1.807, 2.05) is 0 Å². The van der Waals surface area contributed by atoms with Gasteiger partial charge in [0.25, 0.3) is 0 Å². The lowest BCUT2D eigenvalue weighted by molar-refractivity contribution is -0.575. The molecule has 1 aliphatic heterocycles. The van der Waals surface area contributed by atoms with Crippen molar-refractivity contribution in [3.05, 3.63) is 0 Å². The van der Waals surface area contributed by atoms with Crippen molar-refractivity contribution in [2.45, 2.75) is 52.0 Å². The van der Waals surface area contributed by atoms with E-state index in [0.717, 1.165) is 18.8 Å².